The standard InChI is InChI=1S/C21H20N4O2/c1-3-27-21(26)19-16-9-14-10-22-20(13-5-6-13)25(14)17-8-12(2)4-7-15(17)18(16)23-11-24-19/h4,7-8,10-11,13H,3,5-6,9H2,1-2H3. The van der Waals surface area contributed by atoms with Gasteiger partial charge in [-0.3, -0.25) is 4.57 Å². The van der Waals surface area contributed by atoms with Gasteiger partial charge in [0.05, 0.1) is 18.0 Å². The molecule has 6 heteroatoms. The Kier molecular flexibility index (Phi) is 3.60. The van der Waals surface area contributed by atoms with Gasteiger partial charge in [0.2, 0.25) is 0 Å². The van der Waals surface area contributed by atoms with Gasteiger partial charge in [-0.1, -0.05) is 12.1 Å². The van der Waals surface area contributed by atoms with Crippen LogP contribution in [0.15, 0.2) is 30.7 Å². The second-order valence-corrected chi connectivity index (χ2v) is 7.18. The quantitative estimate of drug-likeness (QED) is 0.522. The molecule has 3 heterocycles. The van der Waals surface area contributed by atoms with Gasteiger partial charge in [-0.15, -0.1) is 0 Å². The van der Waals surface area contributed by atoms with Crippen LogP contribution >= 0.6 is 0 Å². The number of nitrogens with zero attached hydrogens (tertiary/aromatic N) is 4. The van der Waals surface area contributed by atoms with Gasteiger partial charge in [0.25, 0.3) is 0 Å². The number of ether oxygens (including phenoxy) is 1. The number of rotatable bonds is 3. The zero-order valence-corrected chi connectivity index (χ0v) is 15.4. The largest absolute Gasteiger partial charge is 0.461 e. The minimum Gasteiger partial charge on any atom is -0.461 e. The molecule has 2 aromatic heterocycles. The first-order valence-electron chi connectivity index (χ1n) is 9.36. The number of carbonyl (C=O) groups excluding carboxylic acids is 1. The van der Waals surface area contributed by atoms with Crippen molar-refractivity contribution in [2.45, 2.75) is 39.0 Å². The van der Waals surface area contributed by atoms with Crippen molar-refractivity contribution >= 4 is 5.97 Å². The van der Waals surface area contributed by atoms with Gasteiger partial charge in [-0.05, 0) is 38.3 Å². The molecule has 2 aliphatic rings. The molecular weight excluding hydrogens is 340 g/mol. The maximum Gasteiger partial charge on any atom is 0.357 e. The zero-order chi connectivity index (χ0) is 18.5. The fourth-order valence-electron chi connectivity index (χ4n) is 3.83. The minimum atomic E-state index is -0.403. The molecule has 3 aromatic rings. The lowest BCUT2D eigenvalue weighted by molar-refractivity contribution is 0.0518. The third-order valence-electron chi connectivity index (χ3n) is 5.23. The highest BCUT2D eigenvalue weighted by molar-refractivity contribution is 5.92. The summed E-state index contributed by atoms with van der Waals surface area (Å²) >= 11 is 0. The summed E-state index contributed by atoms with van der Waals surface area (Å²) < 4.78 is 7.49. The number of imidazole rings is 1. The van der Waals surface area contributed by atoms with E-state index in [4.69, 9.17) is 9.72 Å². The fourth-order valence-corrected chi connectivity index (χ4v) is 3.83. The topological polar surface area (TPSA) is 69.9 Å². The molecule has 6 nitrogen and oxygen atoms in total. The van der Waals surface area contributed by atoms with Gasteiger partial charge in [0, 0.05) is 35.4 Å². The Labute approximate surface area is 157 Å². The Bertz CT molecular complexity index is 1070. The van der Waals surface area contributed by atoms with Gasteiger partial charge < -0.3 is 4.74 Å². The predicted molar refractivity (Wildman–Crippen MR) is 100 cm³/mol. The number of fused-ring (bicyclic) bond motifs is 5. The van der Waals surface area contributed by atoms with Gasteiger partial charge in [0.15, 0.2) is 5.69 Å². The SMILES string of the molecule is CCOC(=O)c1ncnc2c1Cc1cnc(C3CC3)n1-c1cc(C)ccc1-2. The van der Waals surface area contributed by atoms with Crippen LogP contribution in [0.25, 0.3) is 16.9 Å². The summed E-state index contributed by atoms with van der Waals surface area (Å²) in [4.78, 5) is 26.0. The van der Waals surface area contributed by atoms with Crippen LogP contribution in [0.4, 0.5) is 0 Å². The fraction of sp³-hybridized carbons (Fsp3) is 0.333. The molecule has 1 fully saturated rings. The Morgan fingerprint density at radius 3 is 2.89 bits per heavy atom. The average Bonchev–Trinajstić information content (AvgIpc) is 3.44. The van der Waals surface area contributed by atoms with E-state index in [1.54, 1.807) is 6.92 Å². The van der Waals surface area contributed by atoms with Crippen molar-refractivity contribution in [1.82, 2.24) is 19.5 Å². The number of benzene rings is 1. The van der Waals surface area contributed by atoms with Crippen molar-refractivity contribution in [3.05, 3.63) is 59.1 Å². The van der Waals surface area contributed by atoms with Crippen molar-refractivity contribution in [3.8, 4) is 16.9 Å². The van der Waals surface area contributed by atoms with E-state index in [0.717, 1.165) is 34.0 Å². The Morgan fingerprint density at radius 1 is 1.26 bits per heavy atom. The van der Waals surface area contributed by atoms with Crippen LogP contribution in [0.1, 0.15) is 58.8 Å². The zero-order valence-electron chi connectivity index (χ0n) is 15.4. The normalized spacial score (nSPS) is 14.7. The van der Waals surface area contributed by atoms with Crippen LogP contribution in [0, 0.1) is 6.92 Å². The van der Waals surface area contributed by atoms with E-state index >= 15 is 0 Å². The molecule has 0 atom stereocenters. The first kappa shape index (κ1) is 16.2. The van der Waals surface area contributed by atoms with E-state index in [-0.39, 0.29) is 0 Å². The molecule has 0 unspecified atom stereocenters. The molecule has 1 aliphatic heterocycles. The number of esters is 1. The van der Waals surface area contributed by atoms with Crippen molar-refractivity contribution in [2.75, 3.05) is 6.61 Å². The van der Waals surface area contributed by atoms with Crippen LogP contribution in [-0.2, 0) is 11.2 Å². The molecule has 0 saturated heterocycles. The average molecular weight is 360 g/mol. The van der Waals surface area contributed by atoms with Crippen molar-refractivity contribution in [2.24, 2.45) is 0 Å². The monoisotopic (exact) mass is 360 g/mol. The van der Waals surface area contributed by atoms with Gasteiger partial charge in [0.1, 0.15) is 12.2 Å². The number of hydrogen-bond acceptors (Lipinski definition) is 5. The molecule has 0 spiro atoms. The van der Waals surface area contributed by atoms with E-state index in [1.165, 1.54) is 24.7 Å². The highest BCUT2D eigenvalue weighted by Gasteiger charge is 2.33. The summed E-state index contributed by atoms with van der Waals surface area (Å²) in [5.74, 6) is 1.22. The molecule has 0 amide bonds. The smallest absolute Gasteiger partial charge is 0.357 e. The highest BCUT2D eigenvalue weighted by Crippen LogP contribution is 2.43. The molecular formula is C21H20N4O2. The summed E-state index contributed by atoms with van der Waals surface area (Å²) in [5.41, 5.74) is 6.27. The molecule has 1 saturated carbocycles. The molecule has 0 bridgehead atoms. The summed E-state index contributed by atoms with van der Waals surface area (Å²) in [6, 6.07) is 6.33. The summed E-state index contributed by atoms with van der Waals surface area (Å²) in [5, 5.41) is 0. The van der Waals surface area contributed by atoms with Crippen molar-refractivity contribution in [3.63, 3.8) is 0 Å². The van der Waals surface area contributed by atoms with E-state index in [1.807, 2.05) is 6.20 Å². The van der Waals surface area contributed by atoms with Crippen LogP contribution < -0.4 is 0 Å². The van der Waals surface area contributed by atoms with Gasteiger partial charge in [-0.25, -0.2) is 19.7 Å². The van der Waals surface area contributed by atoms with Gasteiger partial charge in [-0.2, -0.15) is 0 Å². The van der Waals surface area contributed by atoms with E-state index in [0.29, 0.717) is 24.6 Å². The van der Waals surface area contributed by atoms with E-state index in [2.05, 4.69) is 39.7 Å². The maximum absolute atomic E-state index is 12.5. The highest BCUT2D eigenvalue weighted by atomic mass is 16.5. The lowest BCUT2D eigenvalue weighted by Crippen LogP contribution is -2.12. The third-order valence-corrected chi connectivity index (χ3v) is 5.23. The summed E-state index contributed by atoms with van der Waals surface area (Å²) in [7, 11) is 0. The first-order chi connectivity index (χ1) is 13.2. The number of hydrogen-bond donors (Lipinski definition) is 0. The number of aryl methyl sites for hydroxylation is 1. The molecule has 1 aromatic carbocycles. The van der Waals surface area contributed by atoms with E-state index in [9.17, 15) is 4.79 Å². The summed E-state index contributed by atoms with van der Waals surface area (Å²) in [6.07, 6.45) is 6.29. The van der Waals surface area contributed by atoms with Crippen LogP contribution in [-0.4, -0.2) is 32.1 Å². The summed E-state index contributed by atoms with van der Waals surface area (Å²) in [6.45, 7) is 4.20. The lowest BCUT2D eigenvalue weighted by atomic mass is 10.00. The second kappa shape index (κ2) is 6.01. The van der Waals surface area contributed by atoms with Crippen LogP contribution in [0.5, 0.6) is 0 Å². The molecule has 1 aliphatic carbocycles. The predicted octanol–water partition coefficient (Wildman–Crippen LogP) is 3.60. The molecule has 136 valence electrons. The van der Waals surface area contributed by atoms with Crippen molar-refractivity contribution < 1.29 is 9.53 Å². The molecule has 27 heavy (non-hydrogen) atoms. The lowest BCUT2D eigenvalue weighted by Gasteiger charge is -2.14. The molecule has 0 N–H and O–H groups in total. The second-order valence-electron chi connectivity index (χ2n) is 7.18. The minimum absolute atomic E-state index is 0.317. The Morgan fingerprint density at radius 2 is 2.11 bits per heavy atom. The number of aromatic nitrogens is 4. The third kappa shape index (κ3) is 2.55. The van der Waals surface area contributed by atoms with Crippen LogP contribution in [0.2, 0.25) is 0 Å². The van der Waals surface area contributed by atoms with Crippen LogP contribution in [0.3, 0.4) is 0 Å². The van der Waals surface area contributed by atoms with E-state index < -0.39 is 5.97 Å². The first-order valence-corrected chi connectivity index (χ1v) is 9.36. The maximum atomic E-state index is 12.5. The Hall–Kier alpha value is -3.02. The molecule has 0 radical (unpaired) electrons. The number of carbonyl (C=O) groups is 1. The molecule has 5 rings (SSSR count). The van der Waals surface area contributed by atoms with Crippen molar-refractivity contribution in [1.29, 1.82) is 0 Å². The van der Waals surface area contributed by atoms with Gasteiger partial charge >= 0.3 is 5.97 Å². The Balaban J connectivity index is 1.79.